The van der Waals surface area contributed by atoms with Gasteiger partial charge >= 0.3 is 6.18 Å². The number of nitrogens with one attached hydrogen (secondary N) is 1. The van der Waals surface area contributed by atoms with Crippen molar-refractivity contribution in [2.45, 2.75) is 19.6 Å². The van der Waals surface area contributed by atoms with Gasteiger partial charge in [-0.2, -0.15) is 18.3 Å². The highest BCUT2D eigenvalue weighted by atomic mass is 19.4. The molecular weight excluding hydrogens is 435 g/mol. The van der Waals surface area contributed by atoms with Gasteiger partial charge in [0.05, 0.1) is 30.7 Å². The lowest BCUT2D eigenvalue weighted by Gasteiger charge is -2.34. The van der Waals surface area contributed by atoms with Crippen LogP contribution in [-0.4, -0.2) is 67.8 Å². The van der Waals surface area contributed by atoms with Crippen molar-refractivity contribution < 1.29 is 18.0 Å². The number of carbonyl (C=O) groups excluding carboxylic acids is 1. The lowest BCUT2D eigenvalue weighted by molar-refractivity contribution is -0.157. The Morgan fingerprint density at radius 3 is 2.67 bits per heavy atom. The van der Waals surface area contributed by atoms with Gasteiger partial charge in [0.1, 0.15) is 0 Å². The minimum atomic E-state index is -4.30. The van der Waals surface area contributed by atoms with Gasteiger partial charge in [0.15, 0.2) is 0 Å². The molecule has 4 rings (SSSR count). The molecule has 1 saturated heterocycles. The van der Waals surface area contributed by atoms with E-state index in [-0.39, 0.29) is 25.5 Å². The Balaban J connectivity index is 1.42. The van der Waals surface area contributed by atoms with Gasteiger partial charge in [-0.05, 0) is 30.2 Å². The maximum Gasteiger partial charge on any atom is 0.401 e. The first-order chi connectivity index (χ1) is 15.7. The molecule has 1 amide bonds. The molecule has 11 heteroatoms. The molecule has 1 aliphatic heterocycles. The molecule has 33 heavy (non-hydrogen) atoms. The van der Waals surface area contributed by atoms with Crippen LogP contribution in [0.2, 0.25) is 0 Å². The summed E-state index contributed by atoms with van der Waals surface area (Å²) in [5.41, 5.74) is 4.33. The molecule has 1 N–H and O–H groups in total. The molecule has 0 aliphatic carbocycles. The molecule has 2 aromatic heterocycles. The fourth-order valence-electron chi connectivity index (χ4n) is 3.75. The lowest BCUT2D eigenvalue weighted by Crippen LogP contribution is -2.52. The summed E-state index contributed by atoms with van der Waals surface area (Å²) >= 11 is 0. The number of hydrogen-bond acceptors (Lipinski definition) is 6. The smallest absolute Gasteiger partial charge is 0.336 e. The van der Waals surface area contributed by atoms with Gasteiger partial charge in [-0.25, -0.2) is 9.97 Å². The molecular formula is C22H24F3N7O. The van der Waals surface area contributed by atoms with E-state index in [0.29, 0.717) is 12.5 Å². The van der Waals surface area contributed by atoms with Crippen molar-refractivity contribution >= 4 is 17.5 Å². The SMILES string of the molecule is Cc1cc(-c2ccnc(Nc3cnn(C)c3)n2)ccc1CN1CCN(CC(F)(F)F)CC1=O. The zero-order valence-electron chi connectivity index (χ0n) is 18.3. The van der Waals surface area contributed by atoms with E-state index in [1.807, 2.05) is 44.4 Å². The van der Waals surface area contributed by atoms with E-state index in [4.69, 9.17) is 0 Å². The Morgan fingerprint density at radius 2 is 2.00 bits per heavy atom. The number of piperazine rings is 1. The first kappa shape index (κ1) is 22.7. The third-order valence-corrected chi connectivity index (χ3v) is 5.42. The van der Waals surface area contributed by atoms with Gasteiger partial charge in [-0.3, -0.25) is 14.4 Å². The second-order valence-electron chi connectivity index (χ2n) is 8.08. The topological polar surface area (TPSA) is 79.2 Å². The number of alkyl halides is 3. The van der Waals surface area contributed by atoms with Gasteiger partial charge in [-0.1, -0.05) is 12.1 Å². The average molecular weight is 459 g/mol. The van der Waals surface area contributed by atoms with Crippen LogP contribution in [0.1, 0.15) is 11.1 Å². The minimum absolute atomic E-state index is 0.204. The Morgan fingerprint density at radius 1 is 1.18 bits per heavy atom. The van der Waals surface area contributed by atoms with Crippen LogP contribution in [0.15, 0.2) is 42.9 Å². The number of hydrogen-bond donors (Lipinski definition) is 1. The molecule has 0 saturated carbocycles. The van der Waals surface area contributed by atoms with Crippen LogP contribution in [-0.2, 0) is 18.4 Å². The highest BCUT2D eigenvalue weighted by Gasteiger charge is 2.34. The molecule has 0 unspecified atom stereocenters. The number of anilines is 2. The summed E-state index contributed by atoms with van der Waals surface area (Å²) in [5.74, 6) is 0.153. The Bertz CT molecular complexity index is 1150. The summed E-state index contributed by atoms with van der Waals surface area (Å²) in [4.78, 5) is 23.9. The molecule has 0 radical (unpaired) electrons. The van der Waals surface area contributed by atoms with Crippen LogP contribution >= 0.6 is 0 Å². The van der Waals surface area contributed by atoms with Crippen molar-refractivity contribution in [1.82, 2.24) is 29.5 Å². The Hall–Kier alpha value is -3.47. The normalized spacial score (nSPS) is 15.2. The van der Waals surface area contributed by atoms with Gasteiger partial charge in [0.2, 0.25) is 11.9 Å². The fraction of sp³-hybridized carbons (Fsp3) is 0.364. The van der Waals surface area contributed by atoms with Crippen LogP contribution in [0.5, 0.6) is 0 Å². The number of aryl methyl sites for hydroxylation is 2. The summed E-state index contributed by atoms with van der Waals surface area (Å²) in [5, 5.41) is 7.22. The van der Waals surface area contributed by atoms with Crippen molar-refractivity contribution in [3.05, 3.63) is 54.0 Å². The van der Waals surface area contributed by atoms with Crippen molar-refractivity contribution in [2.24, 2.45) is 7.05 Å². The zero-order valence-corrected chi connectivity index (χ0v) is 18.3. The standard InChI is InChI=1S/C22H24F3N7O/c1-15-9-16(19-5-6-26-21(29-19)28-18-10-27-30(2)12-18)3-4-17(15)11-32-8-7-31(13-20(32)33)14-22(23,24)25/h3-6,9-10,12H,7-8,11,13-14H2,1-2H3,(H,26,28,29). The van der Waals surface area contributed by atoms with Crippen molar-refractivity contribution in [1.29, 1.82) is 0 Å². The van der Waals surface area contributed by atoms with E-state index < -0.39 is 12.7 Å². The van der Waals surface area contributed by atoms with Crippen molar-refractivity contribution in [3.63, 3.8) is 0 Å². The van der Waals surface area contributed by atoms with E-state index in [9.17, 15) is 18.0 Å². The summed E-state index contributed by atoms with van der Waals surface area (Å²) < 4.78 is 39.5. The van der Waals surface area contributed by atoms with Gasteiger partial charge in [0.25, 0.3) is 0 Å². The van der Waals surface area contributed by atoms with Crippen molar-refractivity contribution in [2.75, 3.05) is 31.5 Å². The number of carbonyl (C=O) groups is 1. The number of benzene rings is 1. The maximum atomic E-state index is 12.6. The van der Waals surface area contributed by atoms with E-state index >= 15 is 0 Å². The summed E-state index contributed by atoms with van der Waals surface area (Å²) in [7, 11) is 1.82. The summed E-state index contributed by atoms with van der Waals surface area (Å²) in [6, 6.07) is 7.64. The number of amides is 1. The Labute approximate surface area is 189 Å². The number of halogens is 3. The van der Waals surface area contributed by atoms with Crippen LogP contribution in [0.4, 0.5) is 24.8 Å². The first-order valence-corrected chi connectivity index (χ1v) is 10.4. The predicted molar refractivity (Wildman–Crippen MR) is 117 cm³/mol. The molecule has 0 atom stereocenters. The quantitative estimate of drug-likeness (QED) is 0.610. The van der Waals surface area contributed by atoms with E-state index in [2.05, 4.69) is 20.4 Å². The third-order valence-electron chi connectivity index (χ3n) is 5.42. The molecule has 1 aliphatic rings. The predicted octanol–water partition coefficient (Wildman–Crippen LogP) is 3.14. The van der Waals surface area contributed by atoms with Gasteiger partial charge in [0, 0.05) is 44.6 Å². The summed E-state index contributed by atoms with van der Waals surface area (Å²) in [6.07, 6.45) is 0.866. The minimum Gasteiger partial charge on any atom is -0.336 e. The van der Waals surface area contributed by atoms with Crippen molar-refractivity contribution in [3.8, 4) is 11.3 Å². The lowest BCUT2D eigenvalue weighted by atomic mass is 10.0. The highest BCUT2D eigenvalue weighted by molar-refractivity contribution is 5.79. The molecule has 3 heterocycles. The highest BCUT2D eigenvalue weighted by Crippen LogP contribution is 2.24. The number of nitrogens with zero attached hydrogens (tertiary/aromatic N) is 6. The Kier molecular flexibility index (Phi) is 6.32. The van der Waals surface area contributed by atoms with Gasteiger partial charge < -0.3 is 10.2 Å². The largest absolute Gasteiger partial charge is 0.401 e. The number of rotatable bonds is 6. The van der Waals surface area contributed by atoms with E-state index in [0.717, 1.165) is 33.0 Å². The molecule has 1 aromatic carbocycles. The maximum absolute atomic E-state index is 12.6. The van der Waals surface area contributed by atoms with Crippen LogP contribution < -0.4 is 5.32 Å². The third kappa shape index (κ3) is 5.86. The number of aromatic nitrogens is 4. The van der Waals surface area contributed by atoms with E-state index in [1.165, 1.54) is 0 Å². The second-order valence-corrected chi connectivity index (χ2v) is 8.08. The molecule has 3 aromatic rings. The van der Waals surface area contributed by atoms with Crippen LogP contribution in [0, 0.1) is 6.92 Å². The second kappa shape index (κ2) is 9.18. The van der Waals surface area contributed by atoms with Crippen LogP contribution in [0.25, 0.3) is 11.3 Å². The molecule has 0 spiro atoms. The molecule has 174 valence electrons. The van der Waals surface area contributed by atoms with Gasteiger partial charge in [-0.15, -0.1) is 0 Å². The first-order valence-electron chi connectivity index (χ1n) is 10.4. The molecule has 1 fully saturated rings. The zero-order chi connectivity index (χ0) is 23.6. The molecule has 8 nitrogen and oxygen atoms in total. The fourth-order valence-corrected chi connectivity index (χ4v) is 3.75. The van der Waals surface area contributed by atoms with E-state index in [1.54, 1.807) is 22.0 Å². The van der Waals surface area contributed by atoms with Crippen LogP contribution in [0.3, 0.4) is 0 Å². The summed E-state index contributed by atoms with van der Waals surface area (Å²) in [6.45, 7) is 1.50. The average Bonchev–Trinajstić information content (AvgIpc) is 3.15. The molecule has 0 bridgehead atoms. The monoisotopic (exact) mass is 459 g/mol.